The van der Waals surface area contributed by atoms with Crippen molar-refractivity contribution in [3.63, 3.8) is 0 Å². The first-order chi connectivity index (χ1) is 6.72. The summed E-state index contributed by atoms with van der Waals surface area (Å²) in [5.41, 5.74) is 0.854. The number of nitrogens with one attached hydrogen (secondary N) is 1. The van der Waals surface area contributed by atoms with E-state index in [2.05, 4.69) is 15.1 Å². The molecule has 5 heteroatoms. The second-order valence-corrected chi connectivity index (χ2v) is 2.97. The molecule has 0 saturated heterocycles. The molecule has 72 valence electrons. The maximum Gasteiger partial charge on any atom is 0.300 e. The summed E-state index contributed by atoms with van der Waals surface area (Å²) >= 11 is 5.59. The highest BCUT2D eigenvalue weighted by atomic mass is 35.5. The fourth-order valence-corrected chi connectivity index (χ4v) is 0.951. The molecule has 0 spiro atoms. The van der Waals surface area contributed by atoms with Gasteiger partial charge < -0.3 is 10.2 Å². The van der Waals surface area contributed by atoms with Crippen LogP contribution in [0.3, 0.4) is 0 Å². The van der Waals surface area contributed by atoms with Gasteiger partial charge in [-0.2, -0.15) is 0 Å². The molecule has 0 aromatic carbocycles. The van der Waals surface area contributed by atoms with Gasteiger partial charge in [-0.25, -0.2) is 11.6 Å². The minimum absolute atomic E-state index is 0.138. The van der Waals surface area contributed by atoms with Gasteiger partial charge in [0, 0.05) is 12.7 Å². The quantitative estimate of drug-likeness (QED) is 0.602. The van der Waals surface area contributed by atoms with E-state index < -0.39 is 0 Å². The molecule has 1 heterocycles. The summed E-state index contributed by atoms with van der Waals surface area (Å²) < 4.78 is 0. The standard InChI is InChI=1S/C9H8ClN3O/c1-11-6-9(14)13-5-7-2-3-8(10)12-4-7/h2-4H,5-6H2,(H,13,14). The number of carbonyl (C=O) groups excluding carboxylic acids is 1. The zero-order valence-corrected chi connectivity index (χ0v) is 8.08. The zero-order chi connectivity index (χ0) is 10.4. The van der Waals surface area contributed by atoms with Crippen molar-refractivity contribution in [3.05, 3.63) is 40.5 Å². The average molecular weight is 210 g/mol. The van der Waals surface area contributed by atoms with Gasteiger partial charge in [-0.05, 0) is 11.6 Å². The molecule has 0 aliphatic heterocycles. The van der Waals surface area contributed by atoms with Gasteiger partial charge >= 0.3 is 0 Å². The molecular formula is C9H8ClN3O. The van der Waals surface area contributed by atoms with Gasteiger partial charge in [0.2, 0.25) is 0 Å². The Morgan fingerprint density at radius 2 is 2.43 bits per heavy atom. The molecule has 0 atom stereocenters. The normalized spacial score (nSPS) is 9.14. The molecule has 0 aliphatic carbocycles. The van der Waals surface area contributed by atoms with Crippen LogP contribution in [0.1, 0.15) is 5.56 Å². The van der Waals surface area contributed by atoms with Crippen LogP contribution in [-0.2, 0) is 11.3 Å². The van der Waals surface area contributed by atoms with Crippen LogP contribution in [0.2, 0.25) is 5.15 Å². The first-order valence-electron chi connectivity index (χ1n) is 3.92. The largest absolute Gasteiger partial charge is 0.346 e. The van der Waals surface area contributed by atoms with Gasteiger partial charge in [0.25, 0.3) is 12.5 Å². The Kier molecular flexibility index (Phi) is 3.89. The van der Waals surface area contributed by atoms with E-state index >= 15 is 0 Å². The molecule has 0 saturated carbocycles. The predicted molar refractivity (Wildman–Crippen MR) is 52.6 cm³/mol. The van der Waals surface area contributed by atoms with Crippen molar-refractivity contribution in [1.29, 1.82) is 0 Å². The Labute approximate surface area is 86.7 Å². The van der Waals surface area contributed by atoms with Crippen molar-refractivity contribution in [2.24, 2.45) is 0 Å². The predicted octanol–water partition coefficient (Wildman–Crippen LogP) is 1.27. The Morgan fingerprint density at radius 3 is 3.00 bits per heavy atom. The van der Waals surface area contributed by atoms with Gasteiger partial charge in [-0.1, -0.05) is 17.7 Å². The highest BCUT2D eigenvalue weighted by molar-refractivity contribution is 6.29. The third-order valence-electron chi connectivity index (χ3n) is 1.50. The molecule has 1 rings (SSSR count). The summed E-state index contributed by atoms with van der Waals surface area (Å²) in [6.45, 7) is 6.71. The second-order valence-electron chi connectivity index (χ2n) is 2.58. The summed E-state index contributed by atoms with van der Waals surface area (Å²) in [5.74, 6) is -0.282. The van der Waals surface area contributed by atoms with Crippen molar-refractivity contribution in [2.75, 3.05) is 6.54 Å². The molecule has 0 unspecified atom stereocenters. The third kappa shape index (κ3) is 3.42. The van der Waals surface area contributed by atoms with E-state index in [9.17, 15) is 4.79 Å². The van der Waals surface area contributed by atoms with Crippen molar-refractivity contribution < 1.29 is 4.79 Å². The number of aromatic nitrogens is 1. The van der Waals surface area contributed by atoms with E-state index in [1.807, 2.05) is 0 Å². The lowest BCUT2D eigenvalue weighted by molar-refractivity contribution is -0.119. The lowest BCUT2D eigenvalue weighted by atomic mass is 10.3. The van der Waals surface area contributed by atoms with Crippen molar-refractivity contribution in [1.82, 2.24) is 10.3 Å². The monoisotopic (exact) mass is 209 g/mol. The molecule has 1 aromatic rings. The van der Waals surface area contributed by atoms with Gasteiger partial charge in [0.05, 0.1) is 0 Å². The molecule has 0 bridgehead atoms. The lowest BCUT2D eigenvalue weighted by Crippen LogP contribution is -2.24. The molecule has 1 aromatic heterocycles. The maximum absolute atomic E-state index is 10.9. The molecule has 0 radical (unpaired) electrons. The number of carbonyl (C=O) groups is 1. The summed E-state index contributed by atoms with van der Waals surface area (Å²) in [5, 5.41) is 3.00. The minimum Gasteiger partial charge on any atom is -0.346 e. The Bertz CT molecular complexity index is 355. The number of halogens is 1. The molecular weight excluding hydrogens is 202 g/mol. The number of amides is 1. The van der Waals surface area contributed by atoms with Crippen LogP contribution in [-0.4, -0.2) is 17.4 Å². The van der Waals surface area contributed by atoms with Crippen LogP contribution in [0.15, 0.2) is 18.3 Å². The van der Waals surface area contributed by atoms with Crippen molar-refractivity contribution in [2.45, 2.75) is 6.54 Å². The first kappa shape index (κ1) is 10.5. The van der Waals surface area contributed by atoms with E-state index in [0.29, 0.717) is 11.7 Å². The van der Waals surface area contributed by atoms with E-state index in [0.717, 1.165) is 5.56 Å². The summed E-state index contributed by atoms with van der Waals surface area (Å²) in [7, 11) is 0. The van der Waals surface area contributed by atoms with Crippen LogP contribution in [0, 0.1) is 6.57 Å². The smallest absolute Gasteiger partial charge is 0.300 e. The maximum atomic E-state index is 10.9. The zero-order valence-electron chi connectivity index (χ0n) is 7.33. The van der Waals surface area contributed by atoms with Gasteiger partial charge in [-0.3, -0.25) is 4.79 Å². The van der Waals surface area contributed by atoms with Gasteiger partial charge in [-0.15, -0.1) is 0 Å². The molecule has 0 aliphatic rings. The summed E-state index contributed by atoms with van der Waals surface area (Å²) in [6, 6.07) is 3.42. The van der Waals surface area contributed by atoms with E-state index in [-0.39, 0.29) is 12.5 Å². The van der Waals surface area contributed by atoms with E-state index in [1.165, 1.54) is 0 Å². The molecule has 1 amide bonds. The molecule has 1 N–H and O–H groups in total. The van der Waals surface area contributed by atoms with Crippen LogP contribution >= 0.6 is 11.6 Å². The SMILES string of the molecule is [C-]#[N+]CC(=O)NCc1ccc(Cl)nc1. The van der Waals surface area contributed by atoms with Gasteiger partial charge in [0.15, 0.2) is 0 Å². The van der Waals surface area contributed by atoms with Crippen LogP contribution < -0.4 is 5.32 Å². The van der Waals surface area contributed by atoms with Crippen molar-refractivity contribution >= 4 is 17.5 Å². The fourth-order valence-electron chi connectivity index (χ4n) is 0.839. The second kappa shape index (κ2) is 5.20. The number of hydrogen-bond donors (Lipinski definition) is 1. The van der Waals surface area contributed by atoms with E-state index in [4.69, 9.17) is 18.2 Å². The number of nitrogens with zero attached hydrogens (tertiary/aromatic N) is 2. The van der Waals surface area contributed by atoms with E-state index in [1.54, 1.807) is 18.3 Å². The highest BCUT2D eigenvalue weighted by Crippen LogP contribution is 2.04. The number of hydrogen-bond acceptors (Lipinski definition) is 2. The summed E-state index contributed by atoms with van der Waals surface area (Å²) in [6.07, 6.45) is 1.58. The summed E-state index contributed by atoms with van der Waals surface area (Å²) in [4.78, 5) is 17.7. The molecule has 4 nitrogen and oxygen atoms in total. The van der Waals surface area contributed by atoms with Crippen molar-refractivity contribution in [3.8, 4) is 0 Å². The average Bonchev–Trinajstić information content (AvgIpc) is 2.17. The first-order valence-corrected chi connectivity index (χ1v) is 4.30. The number of pyridine rings is 1. The topological polar surface area (TPSA) is 46.4 Å². The molecule has 0 fully saturated rings. The van der Waals surface area contributed by atoms with Gasteiger partial charge in [0.1, 0.15) is 5.15 Å². The Hall–Kier alpha value is -1.60. The number of rotatable bonds is 3. The van der Waals surface area contributed by atoms with Crippen LogP contribution in [0.5, 0.6) is 0 Å². The Morgan fingerprint density at radius 1 is 1.64 bits per heavy atom. The fraction of sp³-hybridized carbons (Fsp3) is 0.222. The molecule has 14 heavy (non-hydrogen) atoms. The van der Waals surface area contributed by atoms with Crippen LogP contribution in [0.4, 0.5) is 0 Å². The Balaban J connectivity index is 2.43. The van der Waals surface area contributed by atoms with Crippen LogP contribution in [0.25, 0.3) is 4.85 Å². The lowest BCUT2D eigenvalue weighted by Gasteiger charge is -2.00. The third-order valence-corrected chi connectivity index (χ3v) is 1.72. The highest BCUT2D eigenvalue weighted by Gasteiger charge is 2.02. The minimum atomic E-state index is -0.282.